The van der Waals surface area contributed by atoms with Crippen molar-refractivity contribution in [3.05, 3.63) is 35.4 Å². The second-order valence-electron chi connectivity index (χ2n) is 4.33. The molecular weight excluding hydrogens is 226 g/mol. The number of nitrogens with zero attached hydrogens (tertiary/aromatic N) is 1. The van der Waals surface area contributed by atoms with Crippen LogP contribution in [0.3, 0.4) is 0 Å². The van der Waals surface area contributed by atoms with E-state index >= 15 is 0 Å². The molecule has 1 N–H and O–H groups in total. The van der Waals surface area contributed by atoms with Gasteiger partial charge in [0, 0.05) is 25.1 Å². The summed E-state index contributed by atoms with van der Waals surface area (Å²) in [6, 6.07) is 7.44. The van der Waals surface area contributed by atoms with Crippen molar-refractivity contribution in [3.63, 3.8) is 0 Å². The van der Waals surface area contributed by atoms with Gasteiger partial charge in [0.05, 0.1) is 12.2 Å². The van der Waals surface area contributed by atoms with E-state index < -0.39 is 0 Å². The lowest BCUT2D eigenvalue weighted by atomic mass is 10.1. The van der Waals surface area contributed by atoms with Crippen LogP contribution in [0.4, 0.5) is 0 Å². The smallest absolute Gasteiger partial charge is 0.255 e. The molecule has 1 aromatic rings. The fourth-order valence-electron chi connectivity index (χ4n) is 1.42. The van der Waals surface area contributed by atoms with Gasteiger partial charge in [-0.05, 0) is 26.0 Å². The summed E-state index contributed by atoms with van der Waals surface area (Å²) in [4.78, 5) is 13.9. The Labute approximate surface area is 108 Å². The molecule has 0 fully saturated rings. The van der Waals surface area contributed by atoms with Gasteiger partial charge in [0.1, 0.15) is 0 Å². The zero-order valence-corrected chi connectivity index (χ0v) is 11.1. The van der Waals surface area contributed by atoms with Crippen LogP contribution in [0.2, 0.25) is 0 Å². The van der Waals surface area contributed by atoms with Crippen LogP contribution < -0.4 is 0 Å². The molecule has 0 unspecified atom stereocenters. The second-order valence-corrected chi connectivity index (χ2v) is 4.33. The number of hydrogen-bond acceptors (Lipinski definition) is 2. The average molecular weight is 245 g/mol. The second kappa shape index (κ2) is 6.83. The Kier molecular flexibility index (Phi) is 5.41. The quantitative estimate of drug-likeness (QED) is 0.826. The van der Waals surface area contributed by atoms with E-state index in [-0.39, 0.29) is 18.6 Å². The average Bonchev–Trinajstić information content (AvgIpc) is 2.38. The van der Waals surface area contributed by atoms with Gasteiger partial charge in [-0.15, -0.1) is 0 Å². The molecule has 0 heterocycles. The molecule has 3 nitrogen and oxygen atoms in total. The normalized spacial score (nSPS) is 9.83. The predicted octanol–water partition coefficient (Wildman–Crippen LogP) is 1.90. The first-order valence-electron chi connectivity index (χ1n) is 6.03. The molecule has 0 aliphatic heterocycles. The third-order valence-electron chi connectivity index (χ3n) is 2.71. The van der Waals surface area contributed by atoms with Gasteiger partial charge in [-0.2, -0.15) is 0 Å². The van der Waals surface area contributed by atoms with Crippen LogP contribution in [0, 0.1) is 11.8 Å². The molecule has 0 bridgehead atoms. The van der Waals surface area contributed by atoms with E-state index in [0.29, 0.717) is 17.5 Å². The molecule has 1 amide bonds. The third kappa shape index (κ3) is 3.61. The number of carbonyl (C=O) groups excluding carboxylic acids is 1. The number of aliphatic hydroxyl groups excluding tert-OH is 1. The standard InChI is InChI=1S/C15H19NO2/c1-12(2)16(3)15(18)14-10-5-4-8-13(14)9-6-7-11-17/h4-5,8,10,12,17H,7,11H2,1-3H3. The molecule has 0 radical (unpaired) electrons. The summed E-state index contributed by atoms with van der Waals surface area (Å²) in [5.41, 5.74) is 1.32. The Morgan fingerprint density at radius 1 is 1.39 bits per heavy atom. The van der Waals surface area contributed by atoms with E-state index in [1.807, 2.05) is 32.0 Å². The zero-order valence-electron chi connectivity index (χ0n) is 11.1. The topological polar surface area (TPSA) is 40.5 Å². The number of benzene rings is 1. The van der Waals surface area contributed by atoms with Gasteiger partial charge in [0.2, 0.25) is 0 Å². The van der Waals surface area contributed by atoms with Crippen molar-refractivity contribution in [3.8, 4) is 11.8 Å². The highest BCUT2D eigenvalue weighted by molar-refractivity contribution is 5.96. The van der Waals surface area contributed by atoms with Crippen LogP contribution in [-0.4, -0.2) is 35.6 Å². The molecular formula is C15H19NO2. The highest BCUT2D eigenvalue weighted by Gasteiger charge is 2.16. The van der Waals surface area contributed by atoms with Gasteiger partial charge in [0.25, 0.3) is 5.91 Å². The van der Waals surface area contributed by atoms with Crippen LogP contribution in [0.25, 0.3) is 0 Å². The number of carbonyl (C=O) groups is 1. The lowest BCUT2D eigenvalue weighted by Crippen LogP contribution is -2.33. The molecule has 1 rings (SSSR count). The van der Waals surface area contributed by atoms with Crippen molar-refractivity contribution in [1.82, 2.24) is 4.90 Å². The Bertz CT molecular complexity index is 469. The van der Waals surface area contributed by atoms with Crippen molar-refractivity contribution < 1.29 is 9.90 Å². The van der Waals surface area contributed by atoms with Gasteiger partial charge in [-0.1, -0.05) is 24.0 Å². The number of rotatable bonds is 3. The lowest BCUT2D eigenvalue weighted by Gasteiger charge is -2.22. The minimum Gasteiger partial charge on any atom is -0.395 e. The van der Waals surface area contributed by atoms with Crippen LogP contribution >= 0.6 is 0 Å². The van der Waals surface area contributed by atoms with Crippen LogP contribution in [-0.2, 0) is 0 Å². The Morgan fingerprint density at radius 2 is 2.06 bits per heavy atom. The molecule has 0 aliphatic rings. The zero-order chi connectivity index (χ0) is 13.5. The number of amides is 1. The van der Waals surface area contributed by atoms with Crippen molar-refractivity contribution in [2.75, 3.05) is 13.7 Å². The summed E-state index contributed by atoms with van der Waals surface area (Å²) in [6.07, 6.45) is 0.419. The van der Waals surface area contributed by atoms with Gasteiger partial charge < -0.3 is 10.0 Å². The molecule has 3 heteroatoms. The fraction of sp³-hybridized carbons (Fsp3) is 0.400. The molecule has 0 spiro atoms. The third-order valence-corrected chi connectivity index (χ3v) is 2.71. The van der Waals surface area contributed by atoms with Gasteiger partial charge in [-0.25, -0.2) is 0 Å². The van der Waals surface area contributed by atoms with Crippen LogP contribution in [0.5, 0.6) is 0 Å². The first-order chi connectivity index (χ1) is 8.57. The highest BCUT2D eigenvalue weighted by Crippen LogP contribution is 2.11. The largest absolute Gasteiger partial charge is 0.395 e. The molecule has 0 atom stereocenters. The lowest BCUT2D eigenvalue weighted by molar-refractivity contribution is 0.0754. The van der Waals surface area contributed by atoms with E-state index in [0.717, 1.165) is 0 Å². The summed E-state index contributed by atoms with van der Waals surface area (Å²) in [6.45, 7) is 3.98. The minimum absolute atomic E-state index is 0.0288. The number of aliphatic hydroxyl groups is 1. The summed E-state index contributed by atoms with van der Waals surface area (Å²) in [7, 11) is 1.78. The van der Waals surface area contributed by atoms with E-state index in [9.17, 15) is 4.79 Å². The summed E-state index contributed by atoms with van der Waals surface area (Å²) in [5, 5.41) is 8.71. The first kappa shape index (κ1) is 14.3. The Balaban J connectivity index is 3.03. The van der Waals surface area contributed by atoms with Crippen molar-refractivity contribution in [1.29, 1.82) is 0 Å². The molecule has 0 aliphatic carbocycles. The highest BCUT2D eigenvalue weighted by atomic mass is 16.2. The molecule has 1 aromatic carbocycles. The van der Waals surface area contributed by atoms with E-state index in [2.05, 4.69) is 11.8 Å². The van der Waals surface area contributed by atoms with Gasteiger partial charge in [0.15, 0.2) is 0 Å². The Hall–Kier alpha value is -1.79. The fourth-order valence-corrected chi connectivity index (χ4v) is 1.42. The van der Waals surface area contributed by atoms with Gasteiger partial charge in [-0.3, -0.25) is 4.79 Å². The monoisotopic (exact) mass is 245 g/mol. The van der Waals surface area contributed by atoms with Crippen molar-refractivity contribution in [2.24, 2.45) is 0 Å². The molecule has 18 heavy (non-hydrogen) atoms. The maximum absolute atomic E-state index is 12.2. The summed E-state index contributed by atoms with van der Waals surface area (Å²) in [5.74, 6) is 5.75. The van der Waals surface area contributed by atoms with Gasteiger partial charge >= 0.3 is 0 Å². The van der Waals surface area contributed by atoms with Crippen molar-refractivity contribution in [2.45, 2.75) is 26.3 Å². The predicted molar refractivity (Wildman–Crippen MR) is 72.3 cm³/mol. The van der Waals surface area contributed by atoms with E-state index in [4.69, 9.17) is 5.11 Å². The molecule has 96 valence electrons. The first-order valence-corrected chi connectivity index (χ1v) is 6.03. The van der Waals surface area contributed by atoms with Crippen LogP contribution in [0.15, 0.2) is 24.3 Å². The molecule has 0 aromatic heterocycles. The number of hydrogen-bond donors (Lipinski definition) is 1. The maximum atomic E-state index is 12.2. The minimum atomic E-state index is -0.0288. The van der Waals surface area contributed by atoms with Crippen molar-refractivity contribution >= 4 is 5.91 Å². The molecule has 0 saturated carbocycles. The van der Waals surface area contributed by atoms with E-state index in [1.54, 1.807) is 18.0 Å². The van der Waals surface area contributed by atoms with E-state index in [1.165, 1.54) is 0 Å². The SMILES string of the molecule is CC(C)N(C)C(=O)c1ccccc1C#CCCO. The Morgan fingerprint density at radius 3 is 2.67 bits per heavy atom. The summed E-state index contributed by atoms with van der Waals surface area (Å²) < 4.78 is 0. The summed E-state index contributed by atoms with van der Waals surface area (Å²) >= 11 is 0. The van der Waals surface area contributed by atoms with Crippen LogP contribution in [0.1, 0.15) is 36.2 Å². The maximum Gasteiger partial charge on any atom is 0.255 e. The molecule has 0 saturated heterocycles.